The highest BCUT2D eigenvalue weighted by Gasteiger charge is 2.20. The summed E-state index contributed by atoms with van der Waals surface area (Å²) in [5.41, 5.74) is 1.98. The maximum absolute atomic E-state index is 12.5. The summed E-state index contributed by atoms with van der Waals surface area (Å²) in [6.45, 7) is 2.06. The van der Waals surface area contributed by atoms with Crippen LogP contribution in [0.3, 0.4) is 0 Å². The SMILES string of the molecule is CSCCC(NC(=O)CSc1ccccc1C)c1nnc2ccccn12. The van der Waals surface area contributed by atoms with Crippen molar-refractivity contribution in [3.05, 3.63) is 60.0 Å². The molecule has 7 heteroatoms. The molecule has 3 aromatic rings. The lowest BCUT2D eigenvalue weighted by atomic mass is 10.2. The lowest BCUT2D eigenvalue weighted by Crippen LogP contribution is -2.31. The number of amides is 1. The van der Waals surface area contributed by atoms with Crippen LogP contribution in [0.5, 0.6) is 0 Å². The molecule has 5 nitrogen and oxygen atoms in total. The zero-order valence-corrected chi connectivity index (χ0v) is 16.5. The summed E-state index contributed by atoms with van der Waals surface area (Å²) in [5.74, 6) is 2.12. The van der Waals surface area contributed by atoms with Crippen LogP contribution >= 0.6 is 23.5 Å². The van der Waals surface area contributed by atoms with Gasteiger partial charge in [-0.15, -0.1) is 22.0 Å². The summed E-state index contributed by atoms with van der Waals surface area (Å²) in [4.78, 5) is 13.7. The van der Waals surface area contributed by atoms with Crippen LogP contribution < -0.4 is 5.32 Å². The third kappa shape index (κ3) is 4.59. The van der Waals surface area contributed by atoms with E-state index in [1.807, 2.05) is 47.0 Å². The number of fused-ring (bicyclic) bond motifs is 1. The van der Waals surface area contributed by atoms with Crippen LogP contribution in [0.25, 0.3) is 5.65 Å². The zero-order valence-electron chi connectivity index (χ0n) is 14.9. The molecule has 1 amide bonds. The van der Waals surface area contributed by atoms with Crippen LogP contribution in [0.15, 0.2) is 53.6 Å². The maximum Gasteiger partial charge on any atom is 0.230 e. The molecule has 2 aromatic heterocycles. The minimum atomic E-state index is -0.148. The number of benzene rings is 1. The molecular weight excluding hydrogens is 364 g/mol. The number of nitrogens with one attached hydrogen (secondary N) is 1. The molecule has 0 aliphatic rings. The van der Waals surface area contributed by atoms with Gasteiger partial charge in [0.05, 0.1) is 11.8 Å². The van der Waals surface area contributed by atoms with Crippen molar-refractivity contribution in [3.8, 4) is 0 Å². The van der Waals surface area contributed by atoms with Gasteiger partial charge in [-0.2, -0.15) is 11.8 Å². The van der Waals surface area contributed by atoms with Gasteiger partial charge in [-0.25, -0.2) is 0 Å². The van der Waals surface area contributed by atoms with E-state index in [9.17, 15) is 4.79 Å². The van der Waals surface area contributed by atoms with Gasteiger partial charge in [0.15, 0.2) is 11.5 Å². The molecule has 0 aliphatic carbocycles. The normalized spacial score (nSPS) is 12.2. The smallest absolute Gasteiger partial charge is 0.230 e. The van der Waals surface area contributed by atoms with Gasteiger partial charge in [0.25, 0.3) is 0 Å². The van der Waals surface area contributed by atoms with Gasteiger partial charge in [0.2, 0.25) is 5.91 Å². The van der Waals surface area contributed by atoms with E-state index >= 15 is 0 Å². The second-order valence-corrected chi connectivity index (χ2v) is 7.95. The molecule has 0 fully saturated rings. The minimum Gasteiger partial charge on any atom is -0.345 e. The lowest BCUT2D eigenvalue weighted by Gasteiger charge is -2.17. The molecule has 0 aliphatic heterocycles. The summed E-state index contributed by atoms with van der Waals surface area (Å²) in [6.07, 6.45) is 4.82. The van der Waals surface area contributed by atoms with E-state index in [1.165, 1.54) is 5.56 Å². The topological polar surface area (TPSA) is 59.3 Å². The molecule has 3 rings (SSSR count). The second-order valence-electron chi connectivity index (χ2n) is 5.94. The largest absolute Gasteiger partial charge is 0.345 e. The van der Waals surface area contributed by atoms with Crippen LogP contribution in [0.2, 0.25) is 0 Å². The number of carbonyl (C=O) groups is 1. The highest BCUT2D eigenvalue weighted by Crippen LogP contribution is 2.23. The number of carbonyl (C=O) groups excluding carboxylic acids is 1. The average Bonchev–Trinajstić information content (AvgIpc) is 3.08. The number of nitrogens with zero attached hydrogens (tertiary/aromatic N) is 3. The van der Waals surface area contributed by atoms with Crippen molar-refractivity contribution in [2.24, 2.45) is 0 Å². The second kappa shape index (κ2) is 9.09. The highest BCUT2D eigenvalue weighted by molar-refractivity contribution is 8.00. The van der Waals surface area contributed by atoms with E-state index in [2.05, 4.69) is 34.8 Å². The molecule has 0 spiro atoms. The van der Waals surface area contributed by atoms with Gasteiger partial charge in [0, 0.05) is 11.1 Å². The Labute approximate surface area is 162 Å². The molecule has 26 heavy (non-hydrogen) atoms. The maximum atomic E-state index is 12.5. The predicted octanol–water partition coefficient (Wildman–Crippen LogP) is 3.74. The van der Waals surface area contributed by atoms with Gasteiger partial charge in [-0.1, -0.05) is 24.3 Å². The molecule has 0 saturated carbocycles. The molecule has 1 unspecified atom stereocenters. The first-order valence-electron chi connectivity index (χ1n) is 8.45. The summed E-state index contributed by atoms with van der Waals surface area (Å²) >= 11 is 3.32. The molecular formula is C19H22N4OS2. The van der Waals surface area contributed by atoms with E-state index in [1.54, 1.807) is 23.5 Å². The van der Waals surface area contributed by atoms with Gasteiger partial charge < -0.3 is 5.32 Å². The van der Waals surface area contributed by atoms with Crippen LogP contribution in [0.1, 0.15) is 23.9 Å². The Hall–Kier alpha value is -1.99. The third-order valence-corrected chi connectivity index (χ3v) is 5.87. The zero-order chi connectivity index (χ0) is 18.4. The first-order chi connectivity index (χ1) is 12.7. The molecule has 0 saturated heterocycles. The van der Waals surface area contributed by atoms with Crippen molar-refractivity contribution in [1.82, 2.24) is 19.9 Å². The monoisotopic (exact) mass is 386 g/mol. The Morgan fingerprint density at radius 2 is 2.00 bits per heavy atom. The van der Waals surface area contributed by atoms with Crippen molar-refractivity contribution >= 4 is 35.1 Å². The number of hydrogen-bond donors (Lipinski definition) is 1. The fourth-order valence-corrected chi connectivity index (χ4v) is 4.01. The minimum absolute atomic E-state index is 0.0111. The molecule has 136 valence electrons. The standard InChI is InChI=1S/C19H22N4OS2/c1-14-7-3-4-8-16(14)26-13-18(24)20-15(10-12-25-2)19-22-21-17-9-5-6-11-23(17)19/h3-9,11,15H,10,12-13H2,1-2H3,(H,20,24). The number of aryl methyl sites for hydroxylation is 1. The number of rotatable bonds is 8. The van der Waals surface area contributed by atoms with E-state index in [0.29, 0.717) is 5.75 Å². The van der Waals surface area contributed by atoms with Gasteiger partial charge in [-0.05, 0) is 49.1 Å². The summed E-state index contributed by atoms with van der Waals surface area (Å²) in [5, 5.41) is 11.7. The summed E-state index contributed by atoms with van der Waals surface area (Å²) < 4.78 is 1.94. The number of thioether (sulfide) groups is 2. The molecule has 1 atom stereocenters. The van der Waals surface area contributed by atoms with E-state index in [-0.39, 0.29) is 11.9 Å². The lowest BCUT2D eigenvalue weighted by molar-refractivity contribution is -0.119. The van der Waals surface area contributed by atoms with Gasteiger partial charge in [0.1, 0.15) is 0 Å². The molecule has 2 heterocycles. The molecule has 0 radical (unpaired) electrons. The van der Waals surface area contributed by atoms with Gasteiger partial charge in [-0.3, -0.25) is 9.20 Å². The van der Waals surface area contributed by atoms with Crippen LogP contribution in [0, 0.1) is 6.92 Å². The Balaban J connectivity index is 1.70. The molecule has 1 N–H and O–H groups in total. The highest BCUT2D eigenvalue weighted by atomic mass is 32.2. The van der Waals surface area contributed by atoms with Crippen molar-refractivity contribution in [2.45, 2.75) is 24.3 Å². The average molecular weight is 387 g/mol. The Morgan fingerprint density at radius 1 is 1.19 bits per heavy atom. The Morgan fingerprint density at radius 3 is 2.81 bits per heavy atom. The van der Waals surface area contributed by atoms with E-state index < -0.39 is 0 Å². The fourth-order valence-electron chi connectivity index (χ4n) is 2.70. The Kier molecular flexibility index (Phi) is 6.57. The Bertz CT molecular complexity index is 881. The van der Waals surface area contributed by atoms with Crippen molar-refractivity contribution < 1.29 is 4.79 Å². The third-order valence-electron chi connectivity index (χ3n) is 4.05. The van der Waals surface area contributed by atoms with Crippen LogP contribution in [-0.2, 0) is 4.79 Å². The number of pyridine rings is 1. The van der Waals surface area contributed by atoms with Crippen molar-refractivity contribution in [3.63, 3.8) is 0 Å². The molecule has 0 bridgehead atoms. The van der Waals surface area contributed by atoms with Gasteiger partial charge >= 0.3 is 0 Å². The van der Waals surface area contributed by atoms with Crippen molar-refractivity contribution in [2.75, 3.05) is 17.8 Å². The first kappa shape index (κ1) is 18.8. The summed E-state index contributed by atoms with van der Waals surface area (Å²) in [7, 11) is 0. The number of hydrogen-bond acceptors (Lipinski definition) is 5. The van der Waals surface area contributed by atoms with E-state index in [0.717, 1.165) is 28.5 Å². The van der Waals surface area contributed by atoms with Crippen LogP contribution in [0.4, 0.5) is 0 Å². The predicted molar refractivity (Wildman–Crippen MR) is 109 cm³/mol. The van der Waals surface area contributed by atoms with Crippen LogP contribution in [-0.4, -0.2) is 38.3 Å². The van der Waals surface area contributed by atoms with Crippen molar-refractivity contribution in [1.29, 1.82) is 0 Å². The quantitative estimate of drug-likeness (QED) is 0.598. The summed E-state index contributed by atoms with van der Waals surface area (Å²) in [6, 6.07) is 13.8. The fraction of sp³-hybridized carbons (Fsp3) is 0.316. The first-order valence-corrected chi connectivity index (χ1v) is 10.8. The number of aromatic nitrogens is 3. The van der Waals surface area contributed by atoms with E-state index in [4.69, 9.17) is 0 Å². The molecule has 1 aromatic carbocycles.